The van der Waals surface area contributed by atoms with Crippen LogP contribution in [-0.2, 0) is 6.54 Å². The topological polar surface area (TPSA) is 71.2 Å². The summed E-state index contributed by atoms with van der Waals surface area (Å²) in [6.07, 6.45) is 6.87. The summed E-state index contributed by atoms with van der Waals surface area (Å²) >= 11 is 0. The van der Waals surface area contributed by atoms with E-state index in [9.17, 15) is 14.4 Å². The number of carbonyl (C=O) groups is 1. The first kappa shape index (κ1) is 16.0. The molecule has 1 aliphatic heterocycles. The molecule has 0 saturated carbocycles. The Hall–Kier alpha value is -2.88. The number of ether oxygens (including phenoxy) is 1. The van der Waals surface area contributed by atoms with Crippen LogP contribution in [0.4, 0.5) is 4.39 Å². The maximum atomic E-state index is 14.2. The smallest absolute Gasteiger partial charge is 0.258 e. The number of imidazole rings is 1. The fourth-order valence-corrected chi connectivity index (χ4v) is 2.96. The molecular weight excluding hydrogens is 311 g/mol. The molecule has 24 heavy (non-hydrogen) atoms. The molecule has 2 aromatic rings. The minimum Gasteiger partial charge on any atom is -0.497 e. The normalized spacial score (nSPS) is 16.1. The molecule has 1 aromatic carbocycles. The van der Waals surface area contributed by atoms with Crippen molar-refractivity contribution in [2.24, 2.45) is 0 Å². The van der Waals surface area contributed by atoms with Crippen LogP contribution in [0.15, 0.2) is 30.9 Å². The number of hydrogen-bond acceptors (Lipinski definition) is 4. The van der Waals surface area contributed by atoms with Crippen molar-refractivity contribution in [3.63, 3.8) is 0 Å². The van der Waals surface area contributed by atoms with Crippen LogP contribution < -0.4 is 4.74 Å². The lowest BCUT2D eigenvalue weighted by atomic mass is 10.0. The van der Waals surface area contributed by atoms with Gasteiger partial charge in [0.15, 0.2) is 0 Å². The number of nitrogens with zero attached hydrogens (tertiary/aromatic N) is 4. The maximum absolute atomic E-state index is 14.2. The fourth-order valence-electron chi connectivity index (χ4n) is 2.96. The average Bonchev–Trinajstić information content (AvgIpc) is 3.18. The van der Waals surface area contributed by atoms with Crippen LogP contribution in [0.1, 0.15) is 34.8 Å². The quantitative estimate of drug-likeness (QED) is 0.764. The highest BCUT2D eigenvalue weighted by molar-refractivity contribution is 6.00. The van der Waals surface area contributed by atoms with Gasteiger partial charge in [0.25, 0.3) is 5.91 Å². The van der Waals surface area contributed by atoms with Crippen molar-refractivity contribution >= 4 is 5.91 Å². The maximum Gasteiger partial charge on any atom is 0.258 e. The number of aromatic nitrogens is 2. The summed E-state index contributed by atoms with van der Waals surface area (Å²) in [6, 6.07) is 4.07. The third-order valence-corrected chi connectivity index (χ3v) is 4.16. The highest BCUT2D eigenvalue weighted by Crippen LogP contribution is 2.37. The second-order valence-corrected chi connectivity index (χ2v) is 5.61. The van der Waals surface area contributed by atoms with Gasteiger partial charge in [-0.05, 0) is 18.9 Å². The van der Waals surface area contributed by atoms with E-state index in [1.807, 2.05) is 10.8 Å². The highest BCUT2D eigenvalue weighted by Gasteiger charge is 2.39. The van der Waals surface area contributed by atoms with E-state index in [0.717, 1.165) is 19.4 Å². The van der Waals surface area contributed by atoms with Gasteiger partial charge < -0.3 is 14.2 Å². The SMILES string of the molecule is COc1cc(F)c2c(c1)C(C#N)N(CCCCn1ccnc1)C2=O. The van der Waals surface area contributed by atoms with Gasteiger partial charge in [0, 0.05) is 37.1 Å². The van der Waals surface area contributed by atoms with Gasteiger partial charge in [0.05, 0.1) is 25.1 Å². The van der Waals surface area contributed by atoms with Crippen molar-refractivity contribution in [2.75, 3.05) is 13.7 Å². The van der Waals surface area contributed by atoms with Crippen LogP contribution in [0.5, 0.6) is 5.75 Å². The van der Waals surface area contributed by atoms with Gasteiger partial charge in [0.1, 0.15) is 17.6 Å². The van der Waals surface area contributed by atoms with E-state index in [1.54, 1.807) is 18.6 Å². The second kappa shape index (κ2) is 6.71. The van der Waals surface area contributed by atoms with Crippen molar-refractivity contribution in [3.05, 3.63) is 47.8 Å². The molecule has 1 atom stereocenters. The van der Waals surface area contributed by atoms with Gasteiger partial charge in [-0.1, -0.05) is 0 Å². The van der Waals surface area contributed by atoms with Crippen molar-refractivity contribution in [1.82, 2.24) is 14.5 Å². The van der Waals surface area contributed by atoms with Crippen LogP contribution in [0, 0.1) is 17.1 Å². The molecule has 0 spiro atoms. The molecule has 0 radical (unpaired) electrons. The molecule has 1 aliphatic rings. The molecule has 6 nitrogen and oxygen atoms in total. The molecular formula is C17H17FN4O2. The Bertz CT molecular complexity index is 783. The van der Waals surface area contributed by atoms with Gasteiger partial charge in [-0.15, -0.1) is 0 Å². The summed E-state index contributed by atoms with van der Waals surface area (Å²) in [6.45, 7) is 1.19. The minimum absolute atomic E-state index is 0.0167. The van der Waals surface area contributed by atoms with Crippen LogP contribution in [-0.4, -0.2) is 34.0 Å². The summed E-state index contributed by atoms with van der Waals surface area (Å²) < 4.78 is 21.2. The lowest BCUT2D eigenvalue weighted by molar-refractivity contribution is 0.0751. The first-order chi connectivity index (χ1) is 11.7. The number of nitriles is 1. The second-order valence-electron chi connectivity index (χ2n) is 5.61. The predicted octanol–water partition coefficient (Wildman–Crippen LogP) is 2.53. The van der Waals surface area contributed by atoms with Crippen LogP contribution in [0.25, 0.3) is 0 Å². The van der Waals surface area contributed by atoms with Gasteiger partial charge in [-0.2, -0.15) is 5.26 Å². The van der Waals surface area contributed by atoms with Gasteiger partial charge in [-0.25, -0.2) is 9.37 Å². The number of amides is 1. The molecule has 0 aliphatic carbocycles. The van der Waals surface area contributed by atoms with Crippen LogP contribution >= 0.6 is 0 Å². The van der Waals surface area contributed by atoms with E-state index in [2.05, 4.69) is 11.1 Å². The van der Waals surface area contributed by atoms with Gasteiger partial charge >= 0.3 is 0 Å². The van der Waals surface area contributed by atoms with Crippen molar-refractivity contribution in [2.45, 2.75) is 25.4 Å². The van der Waals surface area contributed by atoms with E-state index in [4.69, 9.17) is 4.74 Å². The Labute approximate surface area is 139 Å². The van der Waals surface area contributed by atoms with Gasteiger partial charge in [-0.3, -0.25) is 4.79 Å². The molecule has 0 fully saturated rings. The summed E-state index contributed by atoms with van der Waals surface area (Å²) in [4.78, 5) is 17.9. The number of unbranched alkanes of at least 4 members (excludes halogenated alkanes) is 1. The number of methoxy groups -OCH3 is 1. The molecule has 0 N–H and O–H groups in total. The number of hydrogen-bond donors (Lipinski definition) is 0. The fraction of sp³-hybridized carbons (Fsp3) is 0.353. The molecule has 2 heterocycles. The van der Waals surface area contributed by atoms with Crippen LogP contribution in [0.2, 0.25) is 0 Å². The number of halogens is 1. The first-order valence-electron chi connectivity index (χ1n) is 7.69. The van der Waals surface area contributed by atoms with E-state index in [1.165, 1.54) is 18.1 Å². The summed E-state index contributed by atoms with van der Waals surface area (Å²) in [7, 11) is 1.42. The zero-order chi connectivity index (χ0) is 17.1. The first-order valence-corrected chi connectivity index (χ1v) is 7.69. The summed E-state index contributed by atoms with van der Waals surface area (Å²) in [5.74, 6) is -0.767. The molecule has 0 saturated heterocycles. The van der Waals surface area contributed by atoms with Gasteiger partial charge in [0.2, 0.25) is 0 Å². The van der Waals surface area contributed by atoms with Crippen LogP contribution in [0.3, 0.4) is 0 Å². The monoisotopic (exact) mass is 328 g/mol. The minimum atomic E-state index is -0.773. The predicted molar refractivity (Wildman–Crippen MR) is 83.8 cm³/mol. The number of fused-ring (bicyclic) bond motifs is 1. The average molecular weight is 328 g/mol. The van der Waals surface area contributed by atoms with Crippen molar-refractivity contribution in [1.29, 1.82) is 5.26 Å². The number of benzene rings is 1. The molecule has 7 heteroatoms. The van der Waals surface area contributed by atoms with Crippen molar-refractivity contribution in [3.8, 4) is 11.8 Å². The lowest BCUT2D eigenvalue weighted by Crippen LogP contribution is -2.28. The summed E-state index contributed by atoms with van der Waals surface area (Å²) in [5.41, 5.74) is 0.367. The van der Waals surface area contributed by atoms with E-state index in [0.29, 0.717) is 17.9 Å². The number of aryl methyl sites for hydroxylation is 1. The standard InChI is InChI=1S/C17H17FN4O2/c1-24-12-8-13-15(10-19)22(17(23)16(13)14(18)9-12)6-3-2-5-21-7-4-20-11-21/h4,7-9,11,15H,2-3,5-6H2,1H3. The Morgan fingerprint density at radius 3 is 2.83 bits per heavy atom. The summed E-state index contributed by atoms with van der Waals surface area (Å²) in [5, 5.41) is 9.44. The highest BCUT2D eigenvalue weighted by atomic mass is 19.1. The third-order valence-electron chi connectivity index (χ3n) is 4.16. The van der Waals surface area contributed by atoms with E-state index < -0.39 is 17.8 Å². The molecule has 0 bridgehead atoms. The largest absolute Gasteiger partial charge is 0.497 e. The third kappa shape index (κ3) is 2.83. The number of rotatable bonds is 6. The zero-order valence-electron chi connectivity index (χ0n) is 13.3. The zero-order valence-corrected chi connectivity index (χ0v) is 13.3. The Kier molecular flexibility index (Phi) is 4.47. The van der Waals surface area contributed by atoms with E-state index >= 15 is 0 Å². The molecule has 1 amide bonds. The molecule has 3 rings (SSSR count). The lowest BCUT2D eigenvalue weighted by Gasteiger charge is -2.19. The Morgan fingerprint density at radius 1 is 1.38 bits per heavy atom. The van der Waals surface area contributed by atoms with Crippen molar-refractivity contribution < 1.29 is 13.9 Å². The Morgan fingerprint density at radius 2 is 2.17 bits per heavy atom. The number of carbonyl (C=O) groups excluding carboxylic acids is 1. The molecule has 124 valence electrons. The Balaban J connectivity index is 1.71. The molecule has 1 unspecified atom stereocenters. The van der Waals surface area contributed by atoms with E-state index in [-0.39, 0.29) is 5.56 Å². The molecule has 1 aromatic heterocycles.